The number of allylic oxidation sites excluding steroid dienone is 1. The van der Waals surface area contributed by atoms with Crippen LogP contribution in [0, 0.1) is 0 Å². The third-order valence-corrected chi connectivity index (χ3v) is 7.41. The van der Waals surface area contributed by atoms with Crippen LogP contribution in [0.3, 0.4) is 0 Å². The fourth-order valence-electron chi connectivity index (χ4n) is 4.43. The summed E-state index contributed by atoms with van der Waals surface area (Å²) in [5.41, 5.74) is 4.26. The van der Waals surface area contributed by atoms with Crippen molar-refractivity contribution >= 4 is 57.5 Å². The number of nitrogens with one attached hydrogen (secondary N) is 3. The summed E-state index contributed by atoms with van der Waals surface area (Å²) in [4.78, 5) is 33.0. The molecule has 3 aromatic carbocycles. The number of halogens is 1. The maximum atomic E-state index is 13.5. The van der Waals surface area contributed by atoms with Gasteiger partial charge in [0.05, 0.1) is 17.3 Å². The second kappa shape index (κ2) is 11.1. The molecule has 2 heterocycles. The normalized spacial score (nSPS) is 17.0. The van der Waals surface area contributed by atoms with Gasteiger partial charge in [-0.3, -0.25) is 4.79 Å². The van der Waals surface area contributed by atoms with Gasteiger partial charge in [0.2, 0.25) is 0 Å². The zero-order chi connectivity index (χ0) is 25.8. The number of thioether (sulfide) groups is 1. The molecule has 1 fully saturated rings. The molecule has 37 heavy (non-hydrogen) atoms. The Balaban J connectivity index is 1.38. The molecular formula is C28H26ClN5O2S. The summed E-state index contributed by atoms with van der Waals surface area (Å²) in [5.74, 6) is 0.834. The molecule has 1 atom stereocenters. The predicted octanol–water partition coefficient (Wildman–Crippen LogP) is 6.75. The average Bonchev–Trinajstić information content (AvgIpc) is 2.89. The highest BCUT2D eigenvalue weighted by atomic mass is 35.5. The first-order valence-electron chi connectivity index (χ1n) is 12.0. The zero-order valence-corrected chi connectivity index (χ0v) is 21.8. The van der Waals surface area contributed by atoms with Gasteiger partial charge in [0.15, 0.2) is 5.17 Å². The highest BCUT2D eigenvalue weighted by Crippen LogP contribution is 2.40. The van der Waals surface area contributed by atoms with E-state index in [1.807, 2.05) is 61.5 Å². The van der Waals surface area contributed by atoms with Crippen LogP contribution in [0.15, 0.2) is 95.1 Å². The molecule has 9 heteroatoms. The predicted molar refractivity (Wildman–Crippen MR) is 152 cm³/mol. The second-order valence-corrected chi connectivity index (χ2v) is 10.2. The topological polar surface area (TPSA) is 85.8 Å². The number of rotatable bonds is 5. The van der Waals surface area contributed by atoms with E-state index in [-0.39, 0.29) is 18.0 Å². The van der Waals surface area contributed by atoms with Crippen molar-refractivity contribution in [1.29, 1.82) is 0 Å². The smallest absolute Gasteiger partial charge is 0.323 e. The van der Waals surface area contributed by atoms with Crippen LogP contribution in [0.2, 0.25) is 5.02 Å². The summed E-state index contributed by atoms with van der Waals surface area (Å²) in [7, 11) is 0. The SMILES string of the molecule is CC1=C(C(=O)Nc2ccccc2)C(c2ccc(NC(=O)Nc3cccc(Cl)c3)cc2)N2CCCSC2=N1. The summed E-state index contributed by atoms with van der Waals surface area (Å²) < 4.78 is 0. The van der Waals surface area contributed by atoms with Gasteiger partial charge in [-0.05, 0) is 61.4 Å². The van der Waals surface area contributed by atoms with E-state index in [0.717, 1.165) is 35.1 Å². The summed E-state index contributed by atoms with van der Waals surface area (Å²) in [6, 6.07) is 23.3. The molecule has 0 radical (unpaired) electrons. The standard InChI is InChI=1S/C28H26ClN5O2S/c1-18-24(26(35)31-21-8-3-2-4-9-21)25(34-15-6-16-37-28(34)30-18)19-11-13-22(14-12-19)32-27(36)33-23-10-5-7-20(29)17-23/h2-5,7-14,17,25H,6,15-16H2,1H3,(H,31,35)(H2,32,33,36). The molecule has 1 unspecified atom stereocenters. The summed E-state index contributed by atoms with van der Waals surface area (Å²) in [5, 5.41) is 10.1. The Kier molecular flexibility index (Phi) is 7.48. The number of carbonyl (C=O) groups is 2. The van der Waals surface area contributed by atoms with Gasteiger partial charge in [-0.2, -0.15) is 0 Å². The third-order valence-electron chi connectivity index (χ3n) is 6.10. The van der Waals surface area contributed by atoms with Gasteiger partial charge < -0.3 is 20.9 Å². The third kappa shape index (κ3) is 5.81. The molecule has 3 amide bonds. The summed E-state index contributed by atoms with van der Waals surface area (Å²) in [6.07, 6.45) is 1.01. The minimum Gasteiger partial charge on any atom is -0.340 e. The van der Waals surface area contributed by atoms with Crippen molar-refractivity contribution in [2.24, 2.45) is 4.99 Å². The van der Waals surface area contributed by atoms with Gasteiger partial charge in [0.1, 0.15) is 0 Å². The lowest BCUT2D eigenvalue weighted by molar-refractivity contribution is -0.113. The molecule has 188 valence electrons. The Bertz CT molecular complexity index is 1370. The van der Waals surface area contributed by atoms with Gasteiger partial charge in [0.25, 0.3) is 5.91 Å². The Morgan fingerprint density at radius 1 is 0.919 bits per heavy atom. The minimum atomic E-state index is -0.367. The number of amides is 3. The Hall–Kier alpha value is -3.75. The lowest BCUT2D eigenvalue weighted by atomic mass is 9.93. The number of fused-ring (bicyclic) bond motifs is 1. The fraction of sp³-hybridized carbons (Fsp3) is 0.179. The Morgan fingerprint density at radius 2 is 1.62 bits per heavy atom. The lowest BCUT2D eigenvalue weighted by Crippen LogP contribution is -2.43. The van der Waals surface area contributed by atoms with Crippen LogP contribution in [0.25, 0.3) is 0 Å². The quantitative estimate of drug-likeness (QED) is 0.340. The van der Waals surface area contributed by atoms with Gasteiger partial charge in [-0.25, -0.2) is 9.79 Å². The number of hydrogen-bond donors (Lipinski definition) is 3. The van der Waals surface area contributed by atoms with Crippen molar-refractivity contribution in [1.82, 2.24) is 4.90 Å². The summed E-state index contributed by atoms with van der Waals surface area (Å²) in [6.45, 7) is 2.70. The van der Waals surface area contributed by atoms with Gasteiger partial charge in [-0.1, -0.05) is 59.8 Å². The number of hydrogen-bond acceptors (Lipinski definition) is 5. The highest BCUT2D eigenvalue weighted by Gasteiger charge is 2.37. The van der Waals surface area contributed by atoms with E-state index in [1.54, 1.807) is 36.0 Å². The summed E-state index contributed by atoms with van der Waals surface area (Å²) >= 11 is 7.72. The van der Waals surface area contributed by atoms with Crippen molar-refractivity contribution in [3.05, 3.63) is 101 Å². The molecule has 2 aliphatic heterocycles. The molecule has 3 N–H and O–H groups in total. The number of urea groups is 1. The second-order valence-electron chi connectivity index (χ2n) is 8.72. The molecule has 7 nitrogen and oxygen atoms in total. The van der Waals surface area contributed by atoms with Crippen molar-refractivity contribution in [3.8, 4) is 0 Å². The van der Waals surface area contributed by atoms with Crippen molar-refractivity contribution in [3.63, 3.8) is 0 Å². The van der Waals surface area contributed by atoms with Crippen LogP contribution in [0.5, 0.6) is 0 Å². The molecule has 0 bridgehead atoms. The molecule has 0 spiro atoms. The van der Waals surface area contributed by atoms with E-state index >= 15 is 0 Å². The molecule has 1 saturated heterocycles. The fourth-order valence-corrected chi connectivity index (χ4v) is 5.64. The van der Waals surface area contributed by atoms with Crippen molar-refractivity contribution < 1.29 is 9.59 Å². The first-order chi connectivity index (χ1) is 18.0. The van der Waals surface area contributed by atoms with Crippen LogP contribution in [0.1, 0.15) is 24.9 Å². The van der Waals surface area contributed by atoms with Crippen LogP contribution in [-0.4, -0.2) is 34.3 Å². The first-order valence-corrected chi connectivity index (χ1v) is 13.3. The van der Waals surface area contributed by atoms with Crippen molar-refractivity contribution in [2.75, 3.05) is 28.2 Å². The van der Waals surface area contributed by atoms with Crippen LogP contribution >= 0.6 is 23.4 Å². The molecule has 5 rings (SSSR count). The van der Waals surface area contributed by atoms with E-state index in [2.05, 4.69) is 20.9 Å². The van der Waals surface area contributed by atoms with Gasteiger partial charge >= 0.3 is 6.03 Å². The molecule has 2 aliphatic rings. The Morgan fingerprint density at radius 3 is 2.38 bits per heavy atom. The van der Waals surface area contributed by atoms with E-state index in [4.69, 9.17) is 16.6 Å². The first kappa shape index (κ1) is 24.9. The maximum absolute atomic E-state index is 13.5. The number of benzene rings is 3. The molecule has 3 aromatic rings. The number of anilines is 3. The van der Waals surface area contributed by atoms with Gasteiger partial charge in [0, 0.05) is 34.4 Å². The monoisotopic (exact) mass is 531 g/mol. The van der Waals surface area contributed by atoms with E-state index < -0.39 is 0 Å². The molecule has 0 aromatic heterocycles. The number of nitrogens with zero attached hydrogens (tertiary/aromatic N) is 2. The average molecular weight is 532 g/mol. The largest absolute Gasteiger partial charge is 0.340 e. The minimum absolute atomic E-state index is 0.171. The van der Waals surface area contributed by atoms with E-state index in [0.29, 0.717) is 27.7 Å². The number of amidine groups is 1. The van der Waals surface area contributed by atoms with Crippen LogP contribution < -0.4 is 16.0 Å². The maximum Gasteiger partial charge on any atom is 0.323 e. The van der Waals surface area contributed by atoms with Crippen LogP contribution in [0.4, 0.5) is 21.9 Å². The van der Waals surface area contributed by atoms with E-state index in [9.17, 15) is 9.59 Å². The van der Waals surface area contributed by atoms with Gasteiger partial charge in [-0.15, -0.1) is 0 Å². The number of para-hydroxylation sites is 1. The van der Waals surface area contributed by atoms with Crippen molar-refractivity contribution in [2.45, 2.75) is 19.4 Å². The molecular weight excluding hydrogens is 506 g/mol. The van der Waals surface area contributed by atoms with E-state index in [1.165, 1.54) is 0 Å². The molecule has 0 saturated carbocycles. The number of aliphatic imine (C=N–C) groups is 1. The zero-order valence-electron chi connectivity index (χ0n) is 20.2. The Labute approximate surface area is 225 Å². The molecule has 0 aliphatic carbocycles. The highest BCUT2D eigenvalue weighted by molar-refractivity contribution is 8.13. The number of carbonyl (C=O) groups excluding carboxylic acids is 2. The lowest BCUT2D eigenvalue weighted by Gasteiger charge is -2.40. The van der Waals surface area contributed by atoms with Crippen LogP contribution in [-0.2, 0) is 4.79 Å².